The van der Waals surface area contributed by atoms with Gasteiger partial charge in [0.15, 0.2) is 11.6 Å². The van der Waals surface area contributed by atoms with E-state index in [2.05, 4.69) is 23.7 Å². The first-order valence-electron chi connectivity index (χ1n) is 6.17. The van der Waals surface area contributed by atoms with Gasteiger partial charge >= 0.3 is 5.97 Å². The molecule has 2 heterocycles. The van der Waals surface area contributed by atoms with Gasteiger partial charge in [-0.05, 0) is 27.0 Å². The van der Waals surface area contributed by atoms with Gasteiger partial charge in [0.1, 0.15) is 5.56 Å². The minimum atomic E-state index is -1.27. The molecule has 1 N–H and O–H groups in total. The van der Waals surface area contributed by atoms with E-state index in [1.807, 2.05) is 11.9 Å². The maximum atomic E-state index is 14.2. The Bertz CT molecular complexity index is 505. The Balaban J connectivity index is 2.33. The van der Waals surface area contributed by atoms with Crippen LogP contribution in [0.2, 0.25) is 0 Å². The molecule has 0 spiro atoms. The second kappa shape index (κ2) is 4.77. The average Bonchev–Trinajstić information content (AvgIpc) is 2.32. The highest BCUT2D eigenvalue weighted by Crippen LogP contribution is 2.26. The van der Waals surface area contributed by atoms with Crippen LogP contribution in [-0.2, 0) is 0 Å². The summed E-state index contributed by atoms with van der Waals surface area (Å²) in [6.45, 7) is 6.16. The van der Waals surface area contributed by atoms with Crippen molar-refractivity contribution >= 4 is 11.8 Å². The largest absolute Gasteiger partial charge is 0.478 e. The fourth-order valence-electron chi connectivity index (χ4n) is 2.24. The van der Waals surface area contributed by atoms with Crippen molar-refractivity contribution in [1.82, 2.24) is 9.88 Å². The van der Waals surface area contributed by atoms with E-state index in [1.165, 1.54) is 12.3 Å². The average molecular weight is 267 g/mol. The first-order valence-corrected chi connectivity index (χ1v) is 6.17. The highest BCUT2D eigenvalue weighted by molar-refractivity contribution is 5.88. The molecule has 0 bridgehead atoms. The summed E-state index contributed by atoms with van der Waals surface area (Å²) in [4.78, 5) is 19.0. The molecule has 1 aliphatic rings. The molecule has 0 unspecified atom stereocenters. The van der Waals surface area contributed by atoms with Crippen LogP contribution < -0.4 is 4.90 Å². The van der Waals surface area contributed by atoms with E-state index in [-0.39, 0.29) is 16.9 Å². The van der Waals surface area contributed by atoms with Gasteiger partial charge < -0.3 is 10.0 Å². The number of rotatable bonds is 2. The number of nitrogens with zero attached hydrogens (tertiary/aromatic N) is 3. The molecule has 1 fully saturated rings. The van der Waals surface area contributed by atoms with Crippen LogP contribution in [0.25, 0.3) is 0 Å². The van der Waals surface area contributed by atoms with Crippen molar-refractivity contribution in [1.29, 1.82) is 0 Å². The number of carboxylic acid groups (broad SMARTS) is 1. The van der Waals surface area contributed by atoms with Gasteiger partial charge in [-0.15, -0.1) is 0 Å². The second-order valence-electron chi connectivity index (χ2n) is 5.46. The first-order chi connectivity index (χ1) is 8.83. The van der Waals surface area contributed by atoms with E-state index in [1.54, 1.807) is 0 Å². The van der Waals surface area contributed by atoms with Crippen LogP contribution in [0.15, 0.2) is 12.3 Å². The summed E-state index contributed by atoms with van der Waals surface area (Å²) in [5, 5.41) is 8.94. The standard InChI is InChI=1S/C13H18FN3O2/c1-13(2)8-17(7-6-16(13)3)11-10(14)9(12(18)19)4-5-15-11/h4-5H,6-8H2,1-3H3,(H,18,19). The van der Waals surface area contributed by atoms with Gasteiger partial charge in [0.25, 0.3) is 0 Å². The lowest BCUT2D eigenvalue weighted by Crippen LogP contribution is -2.58. The Morgan fingerprint density at radius 1 is 1.47 bits per heavy atom. The third-order valence-corrected chi connectivity index (χ3v) is 3.72. The Labute approximate surface area is 111 Å². The third-order valence-electron chi connectivity index (χ3n) is 3.72. The van der Waals surface area contributed by atoms with Crippen molar-refractivity contribution in [3.63, 3.8) is 0 Å². The molecule has 6 heteroatoms. The third kappa shape index (κ3) is 2.53. The molecule has 0 amide bonds. The molecule has 19 heavy (non-hydrogen) atoms. The maximum Gasteiger partial charge on any atom is 0.338 e. The lowest BCUT2D eigenvalue weighted by Gasteiger charge is -2.45. The van der Waals surface area contributed by atoms with Crippen LogP contribution in [-0.4, -0.2) is 53.2 Å². The Hall–Kier alpha value is -1.69. The number of anilines is 1. The Morgan fingerprint density at radius 2 is 2.16 bits per heavy atom. The van der Waals surface area contributed by atoms with E-state index < -0.39 is 11.8 Å². The van der Waals surface area contributed by atoms with Gasteiger partial charge in [0.2, 0.25) is 0 Å². The van der Waals surface area contributed by atoms with Crippen molar-refractivity contribution in [3.05, 3.63) is 23.6 Å². The van der Waals surface area contributed by atoms with Crippen LogP contribution in [0.1, 0.15) is 24.2 Å². The second-order valence-corrected chi connectivity index (χ2v) is 5.46. The molecule has 0 saturated carbocycles. The van der Waals surface area contributed by atoms with Crippen LogP contribution in [0.5, 0.6) is 0 Å². The zero-order chi connectivity index (χ0) is 14.2. The highest BCUT2D eigenvalue weighted by atomic mass is 19.1. The SMILES string of the molecule is CN1CCN(c2nccc(C(=O)O)c2F)CC1(C)C. The number of piperazine rings is 1. The summed E-state index contributed by atoms with van der Waals surface area (Å²) in [6, 6.07) is 1.18. The predicted molar refractivity (Wildman–Crippen MR) is 70.1 cm³/mol. The molecule has 0 aliphatic carbocycles. The number of pyridine rings is 1. The number of carboxylic acids is 1. The summed E-state index contributed by atoms with van der Waals surface area (Å²) < 4.78 is 14.2. The zero-order valence-corrected chi connectivity index (χ0v) is 11.4. The predicted octanol–water partition coefficient (Wildman–Crippen LogP) is 1.45. The molecular weight excluding hydrogens is 249 g/mol. The number of aromatic carboxylic acids is 1. The molecule has 0 atom stereocenters. The van der Waals surface area contributed by atoms with Crippen molar-refractivity contribution < 1.29 is 14.3 Å². The van der Waals surface area contributed by atoms with E-state index in [0.29, 0.717) is 13.1 Å². The number of carbonyl (C=O) groups is 1. The smallest absolute Gasteiger partial charge is 0.338 e. The summed E-state index contributed by atoms with van der Waals surface area (Å²) in [5.41, 5.74) is -0.437. The number of likely N-dealkylation sites (N-methyl/N-ethyl adjacent to an activating group) is 1. The van der Waals surface area contributed by atoms with Crippen molar-refractivity contribution in [2.75, 3.05) is 31.6 Å². The van der Waals surface area contributed by atoms with E-state index in [4.69, 9.17) is 5.11 Å². The van der Waals surface area contributed by atoms with Gasteiger partial charge in [0.05, 0.1) is 0 Å². The van der Waals surface area contributed by atoms with Crippen LogP contribution in [0.3, 0.4) is 0 Å². The van der Waals surface area contributed by atoms with Crippen molar-refractivity contribution in [2.45, 2.75) is 19.4 Å². The van der Waals surface area contributed by atoms with Gasteiger partial charge in [-0.3, -0.25) is 4.90 Å². The quantitative estimate of drug-likeness (QED) is 0.879. The normalized spacial score (nSPS) is 19.5. The molecule has 1 aromatic heterocycles. The molecule has 0 aromatic carbocycles. The van der Waals surface area contributed by atoms with Crippen LogP contribution in [0.4, 0.5) is 10.2 Å². The Kier molecular flexibility index (Phi) is 3.45. The summed E-state index contributed by atoms with van der Waals surface area (Å²) in [5.74, 6) is -1.90. The van der Waals surface area contributed by atoms with Crippen LogP contribution >= 0.6 is 0 Å². The van der Waals surface area contributed by atoms with Gasteiger partial charge in [0, 0.05) is 31.4 Å². The number of hydrogen-bond acceptors (Lipinski definition) is 4. The van der Waals surface area contributed by atoms with Gasteiger partial charge in [-0.1, -0.05) is 0 Å². The highest BCUT2D eigenvalue weighted by Gasteiger charge is 2.33. The monoisotopic (exact) mass is 267 g/mol. The molecule has 1 saturated heterocycles. The lowest BCUT2D eigenvalue weighted by atomic mass is 9.99. The molecule has 5 nitrogen and oxygen atoms in total. The number of hydrogen-bond donors (Lipinski definition) is 1. The van der Waals surface area contributed by atoms with Crippen LogP contribution in [0, 0.1) is 5.82 Å². The maximum absolute atomic E-state index is 14.2. The number of aromatic nitrogens is 1. The molecule has 1 aliphatic heterocycles. The topological polar surface area (TPSA) is 56.7 Å². The summed E-state index contributed by atoms with van der Waals surface area (Å²) in [6.07, 6.45) is 1.34. The van der Waals surface area contributed by atoms with Crippen molar-refractivity contribution in [3.8, 4) is 0 Å². The van der Waals surface area contributed by atoms with E-state index in [9.17, 15) is 9.18 Å². The lowest BCUT2D eigenvalue weighted by molar-refractivity contribution is 0.0691. The minimum Gasteiger partial charge on any atom is -0.478 e. The van der Waals surface area contributed by atoms with E-state index >= 15 is 0 Å². The van der Waals surface area contributed by atoms with Crippen molar-refractivity contribution in [2.24, 2.45) is 0 Å². The number of halogens is 1. The van der Waals surface area contributed by atoms with E-state index in [0.717, 1.165) is 6.54 Å². The molecular formula is C13H18FN3O2. The fraction of sp³-hybridized carbons (Fsp3) is 0.538. The molecule has 2 rings (SSSR count). The fourth-order valence-corrected chi connectivity index (χ4v) is 2.24. The minimum absolute atomic E-state index is 0.106. The summed E-state index contributed by atoms with van der Waals surface area (Å²) >= 11 is 0. The molecule has 0 radical (unpaired) electrons. The Morgan fingerprint density at radius 3 is 2.74 bits per heavy atom. The summed E-state index contributed by atoms with van der Waals surface area (Å²) in [7, 11) is 2.02. The zero-order valence-electron chi connectivity index (χ0n) is 11.4. The molecule has 104 valence electrons. The molecule has 1 aromatic rings. The van der Waals surface area contributed by atoms with Gasteiger partial charge in [-0.25, -0.2) is 14.2 Å². The first kappa shape index (κ1) is 13.7. The van der Waals surface area contributed by atoms with Gasteiger partial charge in [-0.2, -0.15) is 0 Å².